The maximum atomic E-state index is 12.5. The van der Waals surface area contributed by atoms with Gasteiger partial charge in [0.2, 0.25) is 0 Å². The van der Waals surface area contributed by atoms with Crippen LogP contribution < -0.4 is 0 Å². The Labute approximate surface area is 813 Å². The van der Waals surface area contributed by atoms with Crippen molar-refractivity contribution in [1.82, 2.24) is 57.7 Å². The molecule has 2 N–H and O–H groups in total. The van der Waals surface area contributed by atoms with E-state index in [1.165, 1.54) is 61.5 Å². The van der Waals surface area contributed by atoms with E-state index in [0.29, 0.717) is 66.7 Å². The molecule has 0 unspecified atom stereocenters. The summed E-state index contributed by atoms with van der Waals surface area (Å²) < 4.78 is 121. The Morgan fingerprint density at radius 1 is 0.380 bits per heavy atom. The number of aromatic carboxylic acids is 1. The average molecular weight is 2040 g/mol. The number of Topliss-reactive ketones (excluding diaryl/α,β-unsaturated/α-hetero) is 3. The van der Waals surface area contributed by atoms with Gasteiger partial charge in [-0.15, -0.1) is 35.1 Å². The van der Waals surface area contributed by atoms with Crippen LogP contribution in [0, 0.1) is 0 Å². The van der Waals surface area contributed by atoms with E-state index >= 15 is 0 Å². The van der Waals surface area contributed by atoms with Crippen LogP contribution in [0.3, 0.4) is 0 Å². The number of ketones is 3. The number of carboxylic acids is 1. The number of hydrogen-bond donors (Lipinski definition) is 2. The number of aromatic amines is 1. The highest BCUT2D eigenvalue weighted by Gasteiger charge is 2.25. The van der Waals surface area contributed by atoms with E-state index in [4.69, 9.17) is 47.3 Å². The maximum Gasteiger partial charge on any atom is 0.357 e. The van der Waals surface area contributed by atoms with Gasteiger partial charge in [-0.2, -0.15) is 0 Å². The molecule has 0 atom stereocenters. The average Bonchev–Trinajstić information content (AvgIpc) is 1.69. The van der Waals surface area contributed by atoms with E-state index in [2.05, 4.69) is 39.5 Å². The minimum Gasteiger partial charge on any atom is -0.477 e. The largest absolute Gasteiger partial charge is 0.477 e. The Morgan fingerprint density at radius 3 is 0.993 bits per heavy atom. The first-order valence-electron chi connectivity index (χ1n) is 41.6. The van der Waals surface area contributed by atoms with Crippen LogP contribution in [0.5, 0.6) is 0 Å². The van der Waals surface area contributed by atoms with Gasteiger partial charge >= 0.3 is 29.8 Å². The number of pyridine rings is 6. The Morgan fingerprint density at radius 2 is 0.672 bits per heavy atom. The van der Waals surface area contributed by atoms with Crippen LogP contribution in [0.2, 0.25) is 0 Å². The summed E-state index contributed by atoms with van der Waals surface area (Å²) in [6.07, 6.45) is 28.8. The highest BCUT2D eigenvalue weighted by atomic mass is 35.5. The molecule has 137 heavy (non-hydrogen) atoms. The number of sulfone groups is 4. The quantitative estimate of drug-likeness (QED) is 0.0197. The number of nitrogens with zero attached hydrogens (tertiary/aromatic N) is 11. The van der Waals surface area contributed by atoms with Gasteiger partial charge in [0.25, 0.3) is 5.24 Å². The first kappa shape index (κ1) is 112. The molecule has 42 heteroatoms. The lowest BCUT2D eigenvalue weighted by Crippen LogP contribution is -2.25. The lowest BCUT2D eigenvalue weighted by molar-refractivity contribution is -0.154. The Hall–Kier alpha value is -12.3. The molecule has 0 amide bonds. The predicted molar refractivity (Wildman–Crippen MR) is 535 cm³/mol. The molecule has 0 saturated heterocycles. The normalized spacial score (nSPS) is 11.7. The van der Waals surface area contributed by atoms with Crippen LogP contribution in [-0.4, -0.2) is 214 Å². The Bertz CT molecular complexity index is 7170. The van der Waals surface area contributed by atoms with E-state index in [0.717, 1.165) is 67.4 Å². The summed E-state index contributed by atoms with van der Waals surface area (Å²) in [4.78, 5) is 131. The summed E-state index contributed by atoms with van der Waals surface area (Å²) >= 11 is 13.7. The van der Waals surface area contributed by atoms with Crippen LogP contribution in [0.1, 0.15) is 192 Å². The second-order valence-electron chi connectivity index (χ2n) is 35.2. The Balaban J connectivity index is 0.000000218. The van der Waals surface area contributed by atoms with Gasteiger partial charge in [0.15, 0.2) is 56.7 Å². The third-order valence-corrected chi connectivity index (χ3v) is 22.6. The number of halogens is 2. The number of carboxylic acid groups (broad SMARTS) is 1. The van der Waals surface area contributed by atoms with Crippen molar-refractivity contribution in [3.63, 3.8) is 0 Å². The van der Waals surface area contributed by atoms with E-state index in [1.807, 2.05) is 78.6 Å². The highest BCUT2D eigenvalue weighted by Crippen LogP contribution is 2.26. The molecule has 0 aliphatic carbocycles. The van der Waals surface area contributed by atoms with Crippen LogP contribution in [0.4, 0.5) is 0 Å². The smallest absolute Gasteiger partial charge is 0.357 e. The summed E-state index contributed by atoms with van der Waals surface area (Å²) in [5, 5.41) is 14.1. The van der Waals surface area contributed by atoms with Gasteiger partial charge in [0.05, 0.1) is 62.9 Å². The number of H-pyrrole nitrogens is 1. The van der Waals surface area contributed by atoms with Gasteiger partial charge in [0.1, 0.15) is 68.7 Å². The molecule has 0 radical (unpaired) electrons. The van der Waals surface area contributed by atoms with E-state index < -0.39 is 84.9 Å². The minimum atomic E-state index is -3.18. The summed E-state index contributed by atoms with van der Waals surface area (Å²) in [5.41, 5.74) is 6.26. The van der Waals surface area contributed by atoms with Gasteiger partial charge in [0, 0.05) is 159 Å². The van der Waals surface area contributed by atoms with Gasteiger partial charge in [-0.1, -0.05) is 36.4 Å². The van der Waals surface area contributed by atoms with Gasteiger partial charge in [-0.3, -0.25) is 33.9 Å². The van der Waals surface area contributed by atoms with Crippen molar-refractivity contribution in [2.45, 2.75) is 162 Å². The molecule has 0 aliphatic heterocycles. The number of ether oxygens (including phenoxy) is 4. The van der Waals surface area contributed by atoms with E-state index in [1.54, 1.807) is 219 Å². The van der Waals surface area contributed by atoms with Crippen molar-refractivity contribution in [2.24, 2.45) is 0 Å². The summed E-state index contributed by atoms with van der Waals surface area (Å²) in [6, 6.07) is 33.6. The maximum absolute atomic E-state index is 12.5. The van der Waals surface area contributed by atoms with Crippen LogP contribution in [0.25, 0.3) is 65.4 Å². The number of aromatic nitrogens is 12. The zero-order valence-electron chi connectivity index (χ0n) is 79.3. The number of thioether (sulfide) groups is 2. The second kappa shape index (κ2) is 48.1. The minimum absolute atomic E-state index is 0.0245. The molecule has 732 valence electrons. The van der Waals surface area contributed by atoms with Crippen molar-refractivity contribution in [2.75, 3.05) is 42.7 Å². The second-order valence-corrected chi connectivity index (χ2v) is 46.2. The van der Waals surface area contributed by atoms with Crippen LogP contribution >= 0.6 is 46.7 Å². The molecule has 0 aliphatic rings. The number of nitrogens with one attached hydrogen (secondary N) is 1. The molecule has 2 aromatic carbocycles. The molecular formula is C95H110Cl2N12O22S6. The van der Waals surface area contributed by atoms with Gasteiger partial charge in [-0.05, 0) is 206 Å². The van der Waals surface area contributed by atoms with Crippen LogP contribution in [0.15, 0.2) is 196 Å². The van der Waals surface area contributed by atoms with Gasteiger partial charge in [-0.25, -0.2) is 72.8 Å². The number of rotatable bonds is 23. The number of carbonyl (C=O) groups is 9. The third-order valence-electron chi connectivity index (χ3n) is 18.0. The van der Waals surface area contributed by atoms with Crippen molar-refractivity contribution < 1.29 is 101 Å². The van der Waals surface area contributed by atoms with E-state index in [9.17, 15) is 76.8 Å². The van der Waals surface area contributed by atoms with Crippen molar-refractivity contribution >= 4 is 204 Å². The molecule has 14 aromatic rings. The third kappa shape index (κ3) is 37.6. The number of hydrogen-bond acceptors (Lipinski definition) is 29. The predicted octanol–water partition coefficient (Wildman–Crippen LogP) is 17.0. The monoisotopic (exact) mass is 2030 g/mol. The SMILES string of the molecule is CC(=O)c1ccc(C(=O)Cc2cc3c(ccn3CS(C)(=O)=O)cn2)cc1.CC(=O)c1ccc(C(=O)Cl)cc1.CC(C)(C)OC(=O)Cc1cc2c(ccn2CS(C)(=O)=O)cn1.CC(C)(C)OC(=O)c1cc2[nH]ccc2cn1.CC(C)(C)OC(=O)c1cc2c(ccn2CS(C)(=O)=O)cn1.CS(=O)(=O)Cn1ccc2cnc(C(=O)O)cc21.CSCCl.CSCn1ccc2cnc(C(=O)OC(C)(C)C)cc21. The fourth-order valence-corrected chi connectivity index (χ4v) is 15.9. The van der Waals surface area contributed by atoms with E-state index in [-0.39, 0.29) is 77.0 Å². The van der Waals surface area contributed by atoms with Crippen LogP contribution in [-0.2, 0) is 105 Å². The Kier molecular flexibility index (Phi) is 39.2. The highest BCUT2D eigenvalue weighted by molar-refractivity contribution is 7.99. The number of benzene rings is 2. The van der Waals surface area contributed by atoms with Crippen molar-refractivity contribution in [1.29, 1.82) is 0 Å². The molecule has 0 saturated carbocycles. The first-order chi connectivity index (χ1) is 63.6. The lowest BCUT2D eigenvalue weighted by atomic mass is 10.0. The fourth-order valence-electron chi connectivity index (χ4n) is 12.3. The lowest BCUT2D eigenvalue weighted by Gasteiger charge is -2.19. The molecule has 14 rings (SSSR count). The molecule has 0 fully saturated rings. The zero-order valence-corrected chi connectivity index (χ0v) is 85.7. The molecule has 12 aromatic heterocycles. The number of alkyl halides is 1. The molecule has 0 bridgehead atoms. The first-order valence-corrected chi connectivity index (χ1v) is 53.5. The summed E-state index contributed by atoms with van der Waals surface area (Å²) in [6.45, 7) is 24.7. The summed E-state index contributed by atoms with van der Waals surface area (Å²) in [7, 11) is -12.7. The molecular weight excluding hydrogens is 1920 g/mol. The van der Waals surface area contributed by atoms with Crippen molar-refractivity contribution in [3.05, 3.63) is 252 Å². The molecule has 0 spiro atoms. The standard InChI is InChI=1S/C19H18N2O4S.C15H20N2O4S.C14H18N2O4S.C14H18N2O2S.C12H14N2O2.C10H10N2O4S.C9H7ClO2.C2H5ClS/c1-13(22)14-3-5-15(6-4-14)19(23)10-17-9-18-16(11-20-17)7-8-21(18)12-26(2,24)25;1-15(2,3)21-14(18)8-12-7-13-11(9-16-12)5-6-17(13)10-22(4,19)20;1-14(2,3)20-13(17)11-7-12-10(8-15-11)5-6-16(12)9-21(4,18)19;1-14(2,3)18-13(17)11-7-12-10(8-15-11)5-6-16(12)9-19-4;1-12(2,3)16-11(15)10-6-9-8(7-14-10)4-5-13-9;1-17(15,16)6-12-3-2-7-5-11-8(10(13)14)4-9(7)12;1-6(11)7-2-4-8(5-3-7)9(10)12;1-4-2-3/h3-9,11H,10,12H2,1-2H3;5-7,9H,8,10H2,1-4H3;5-8H,9H2,1-4H3;5-8H,9H2,1-4H3;4-7,13H,1-3H3;2-5H,6H2,1H3,(H,13,14);2-5H,1H3;2H2,1H3. The topological polar surface area (TPSA) is 465 Å². The van der Waals surface area contributed by atoms with Crippen molar-refractivity contribution in [3.8, 4) is 0 Å². The van der Waals surface area contributed by atoms with Gasteiger partial charge < -0.3 is 51.9 Å². The number of carbonyl (C=O) groups excluding carboxylic acids is 8. The number of esters is 4. The molecule has 12 heterocycles. The number of fused-ring (bicyclic) bond motifs is 6. The zero-order chi connectivity index (χ0) is 102. The fraction of sp³-hybridized carbons (Fsp3) is 0.337. The molecule has 34 nitrogen and oxygen atoms in total. The summed E-state index contributed by atoms with van der Waals surface area (Å²) in [5.74, 6) is -2.71.